The van der Waals surface area contributed by atoms with E-state index in [2.05, 4.69) is 4.98 Å². The van der Waals surface area contributed by atoms with E-state index in [-0.39, 0.29) is 5.91 Å². The molecule has 0 aromatic carbocycles. The monoisotopic (exact) mass is 275 g/mol. The maximum atomic E-state index is 12.4. The van der Waals surface area contributed by atoms with E-state index in [0.717, 1.165) is 16.8 Å². The zero-order valence-corrected chi connectivity index (χ0v) is 11.7. The van der Waals surface area contributed by atoms with E-state index >= 15 is 0 Å². The molecule has 0 aliphatic heterocycles. The number of thiophene rings is 1. The summed E-state index contributed by atoms with van der Waals surface area (Å²) in [4.78, 5) is 20.0. The van der Waals surface area contributed by atoms with Crippen LogP contribution in [-0.4, -0.2) is 29.4 Å². The lowest BCUT2D eigenvalue weighted by molar-refractivity contribution is 0.0751. The van der Waals surface area contributed by atoms with Gasteiger partial charge in [0.15, 0.2) is 0 Å². The SMILES string of the molecule is CN(CC1CCC1)C(=O)c1sc2ncccc2c1N. The van der Waals surface area contributed by atoms with Gasteiger partial charge in [0.2, 0.25) is 0 Å². The third kappa shape index (κ3) is 2.18. The van der Waals surface area contributed by atoms with Gasteiger partial charge < -0.3 is 10.6 Å². The second-order valence-corrected chi connectivity index (χ2v) is 6.18. The number of fused-ring (bicyclic) bond motifs is 1. The maximum Gasteiger partial charge on any atom is 0.265 e. The smallest absolute Gasteiger partial charge is 0.265 e. The van der Waals surface area contributed by atoms with Crippen molar-refractivity contribution in [2.75, 3.05) is 19.3 Å². The van der Waals surface area contributed by atoms with E-state index in [4.69, 9.17) is 5.73 Å². The molecular weight excluding hydrogens is 258 g/mol. The van der Waals surface area contributed by atoms with Crippen LogP contribution in [-0.2, 0) is 0 Å². The minimum atomic E-state index is 0.0207. The molecule has 2 aromatic rings. The van der Waals surface area contributed by atoms with Gasteiger partial charge in [0.25, 0.3) is 5.91 Å². The number of nitrogens with two attached hydrogens (primary N) is 1. The Morgan fingerprint density at radius 3 is 3.00 bits per heavy atom. The lowest BCUT2D eigenvalue weighted by Crippen LogP contribution is -2.34. The number of nitrogens with zero attached hydrogens (tertiary/aromatic N) is 2. The Hall–Kier alpha value is -1.62. The Bertz CT molecular complexity index is 618. The van der Waals surface area contributed by atoms with Crippen LogP contribution in [0.4, 0.5) is 5.69 Å². The first-order valence-electron chi connectivity index (χ1n) is 6.55. The molecule has 4 nitrogen and oxygen atoms in total. The molecule has 0 bridgehead atoms. The zero-order chi connectivity index (χ0) is 13.4. The van der Waals surface area contributed by atoms with Gasteiger partial charge >= 0.3 is 0 Å². The molecule has 2 heterocycles. The van der Waals surface area contributed by atoms with Crippen LogP contribution in [0.25, 0.3) is 10.2 Å². The highest BCUT2D eigenvalue weighted by Gasteiger charge is 2.24. The summed E-state index contributed by atoms with van der Waals surface area (Å²) in [6.07, 6.45) is 5.49. The molecule has 0 radical (unpaired) electrons. The van der Waals surface area contributed by atoms with Gasteiger partial charge in [-0.2, -0.15) is 0 Å². The van der Waals surface area contributed by atoms with Crippen LogP contribution in [0.15, 0.2) is 18.3 Å². The van der Waals surface area contributed by atoms with Crippen LogP contribution in [0, 0.1) is 5.92 Å². The third-order valence-electron chi connectivity index (χ3n) is 3.80. The number of aromatic nitrogens is 1. The molecule has 0 saturated heterocycles. The van der Waals surface area contributed by atoms with Gasteiger partial charge in [0, 0.05) is 25.2 Å². The van der Waals surface area contributed by atoms with Crippen molar-refractivity contribution in [3.05, 3.63) is 23.2 Å². The normalized spacial score (nSPS) is 15.4. The van der Waals surface area contributed by atoms with E-state index in [1.165, 1.54) is 30.6 Å². The Morgan fingerprint density at radius 1 is 1.58 bits per heavy atom. The van der Waals surface area contributed by atoms with E-state index in [9.17, 15) is 4.79 Å². The summed E-state index contributed by atoms with van der Waals surface area (Å²) in [5.74, 6) is 0.690. The van der Waals surface area contributed by atoms with Crippen molar-refractivity contribution in [3.8, 4) is 0 Å². The Labute approximate surface area is 116 Å². The number of hydrogen-bond acceptors (Lipinski definition) is 4. The summed E-state index contributed by atoms with van der Waals surface area (Å²) >= 11 is 1.39. The summed E-state index contributed by atoms with van der Waals surface area (Å²) < 4.78 is 0. The first-order valence-corrected chi connectivity index (χ1v) is 7.37. The second-order valence-electron chi connectivity index (χ2n) is 5.18. The maximum absolute atomic E-state index is 12.4. The van der Waals surface area contributed by atoms with Crippen molar-refractivity contribution in [2.24, 2.45) is 5.92 Å². The van der Waals surface area contributed by atoms with Crippen molar-refractivity contribution in [1.29, 1.82) is 0 Å². The predicted octanol–water partition coefficient (Wildman–Crippen LogP) is 2.75. The van der Waals surface area contributed by atoms with E-state index in [0.29, 0.717) is 16.5 Å². The molecule has 5 heteroatoms. The molecule has 1 saturated carbocycles. The fourth-order valence-electron chi connectivity index (χ4n) is 2.43. The fraction of sp³-hybridized carbons (Fsp3) is 0.429. The molecule has 1 aliphatic rings. The van der Waals surface area contributed by atoms with Crippen LogP contribution < -0.4 is 5.73 Å². The summed E-state index contributed by atoms with van der Waals surface area (Å²) in [6, 6.07) is 3.76. The highest BCUT2D eigenvalue weighted by atomic mass is 32.1. The molecule has 1 amide bonds. The lowest BCUT2D eigenvalue weighted by Gasteiger charge is -2.30. The average molecular weight is 275 g/mol. The number of nitrogen functional groups attached to an aromatic ring is 1. The fourth-order valence-corrected chi connectivity index (χ4v) is 3.49. The topological polar surface area (TPSA) is 59.2 Å². The van der Waals surface area contributed by atoms with E-state index in [1.807, 2.05) is 19.2 Å². The minimum Gasteiger partial charge on any atom is -0.397 e. The van der Waals surface area contributed by atoms with E-state index < -0.39 is 0 Å². The van der Waals surface area contributed by atoms with Gasteiger partial charge in [-0.15, -0.1) is 11.3 Å². The number of pyridine rings is 1. The van der Waals surface area contributed by atoms with Crippen LogP contribution in [0.1, 0.15) is 28.9 Å². The molecular formula is C14H17N3OS. The summed E-state index contributed by atoms with van der Waals surface area (Å²) in [5.41, 5.74) is 6.65. The minimum absolute atomic E-state index is 0.0207. The Morgan fingerprint density at radius 2 is 2.37 bits per heavy atom. The molecule has 2 aromatic heterocycles. The van der Waals surface area contributed by atoms with Crippen molar-refractivity contribution in [3.63, 3.8) is 0 Å². The number of amides is 1. The first kappa shape index (κ1) is 12.4. The molecule has 3 rings (SSSR count). The molecule has 100 valence electrons. The molecule has 0 atom stereocenters. The number of hydrogen-bond donors (Lipinski definition) is 1. The van der Waals surface area contributed by atoms with Gasteiger partial charge in [-0.25, -0.2) is 4.98 Å². The van der Waals surface area contributed by atoms with Gasteiger partial charge in [-0.1, -0.05) is 6.42 Å². The summed E-state index contributed by atoms with van der Waals surface area (Å²) in [6.45, 7) is 0.833. The molecule has 1 fully saturated rings. The highest BCUT2D eigenvalue weighted by Crippen LogP contribution is 2.33. The molecule has 0 spiro atoms. The number of anilines is 1. The number of rotatable bonds is 3. The highest BCUT2D eigenvalue weighted by molar-refractivity contribution is 7.21. The lowest BCUT2D eigenvalue weighted by atomic mass is 9.85. The van der Waals surface area contributed by atoms with Gasteiger partial charge in [0.05, 0.1) is 5.69 Å². The third-order valence-corrected chi connectivity index (χ3v) is 4.92. The van der Waals surface area contributed by atoms with Crippen LogP contribution in [0.5, 0.6) is 0 Å². The molecule has 0 unspecified atom stereocenters. The van der Waals surface area contributed by atoms with Crippen molar-refractivity contribution < 1.29 is 4.79 Å². The second kappa shape index (κ2) is 4.81. The number of carbonyl (C=O) groups excluding carboxylic acids is 1. The quantitative estimate of drug-likeness (QED) is 0.937. The van der Waals surface area contributed by atoms with E-state index in [1.54, 1.807) is 11.1 Å². The molecule has 19 heavy (non-hydrogen) atoms. The van der Waals surface area contributed by atoms with Crippen LogP contribution >= 0.6 is 11.3 Å². The molecule has 2 N–H and O–H groups in total. The van der Waals surface area contributed by atoms with Crippen LogP contribution in [0.2, 0.25) is 0 Å². The summed E-state index contributed by atoms with van der Waals surface area (Å²) in [5, 5.41) is 0.882. The largest absolute Gasteiger partial charge is 0.397 e. The zero-order valence-electron chi connectivity index (χ0n) is 10.9. The van der Waals surface area contributed by atoms with Crippen molar-refractivity contribution >= 4 is 33.1 Å². The van der Waals surface area contributed by atoms with Crippen LogP contribution in [0.3, 0.4) is 0 Å². The van der Waals surface area contributed by atoms with Gasteiger partial charge in [-0.05, 0) is 30.9 Å². The van der Waals surface area contributed by atoms with Gasteiger partial charge in [0.1, 0.15) is 9.71 Å². The average Bonchev–Trinajstić information content (AvgIpc) is 2.71. The van der Waals surface area contributed by atoms with Gasteiger partial charge in [-0.3, -0.25) is 4.79 Å². The predicted molar refractivity (Wildman–Crippen MR) is 78.3 cm³/mol. The van der Waals surface area contributed by atoms with Crippen molar-refractivity contribution in [1.82, 2.24) is 9.88 Å². The molecule has 1 aliphatic carbocycles. The standard InChI is InChI=1S/C14H17N3OS/c1-17(8-9-4-2-5-9)14(18)12-11(15)10-6-3-7-16-13(10)19-12/h3,6-7,9H,2,4-5,8,15H2,1H3. The Balaban J connectivity index is 1.86. The first-order chi connectivity index (χ1) is 9.16. The number of carbonyl (C=O) groups is 1. The summed E-state index contributed by atoms with van der Waals surface area (Å²) in [7, 11) is 1.86. The Kier molecular flexibility index (Phi) is 3.14. The van der Waals surface area contributed by atoms with Crippen molar-refractivity contribution in [2.45, 2.75) is 19.3 Å².